The second-order valence-corrected chi connectivity index (χ2v) is 6.01. The first-order valence-electron chi connectivity index (χ1n) is 7.45. The number of aromatic nitrogens is 1. The van der Waals surface area contributed by atoms with Gasteiger partial charge in [0, 0.05) is 6.04 Å². The highest BCUT2D eigenvalue weighted by Gasteiger charge is 2.24. The van der Waals surface area contributed by atoms with E-state index in [2.05, 4.69) is 6.92 Å². The van der Waals surface area contributed by atoms with E-state index in [1.165, 1.54) is 6.07 Å². The number of carboxylic acids is 1. The highest BCUT2D eigenvalue weighted by atomic mass is 16.4. The van der Waals surface area contributed by atoms with Gasteiger partial charge in [0.15, 0.2) is 0 Å². The minimum absolute atomic E-state index is 0.109. The Morgan fingerprint density at radius 2 is 1.86 bits per heavy atom. The minimum atomic E-state index is -1.15. The van der Waals surface area contributed by atoms with Crippen molar-refractivity contribution in [1.29, 1.82) is 0 Å². The molecule has 1 N–H and O–H groups in total. The summed E-state index contributed by atoms with van der Waals surface area (Å²) >= 11 is 0. The van der Waals surface area contributed by atoms with Crippen LogP contribution in [-0.2, 0) is 0 Å². The molecule has 1 aromatic heterocycles. The molecular formula is C17H19NO3. The third kappa shape index (κ3) is 2.46. The van der Waals surface area contributed by atoms with E-state index in [0.717, 1.165) is 36.6 Å². The molecule has 2 aromatic rings. The normalized spacial score (nSPS) is 22.3. The first-order chi connectivity index (χ1) is 10.1. The molecule has 1 saturated carbocycles. The molecule has 110 valence electrons. The Morgan fingerprint density at radius 3 is 2.52 bits per heavy atom. The molecule has 0 radical (unpaired) electrons. The largest absolute Gasteiger partial charge is 0.477 e. The number of benzene rings is 1. The second kappa shape index (κ2) is 5.35. The summed E-state index contributed by atoms with van der Waals surface area (Å²) in [5.74, 6) is -0.463. The van der Waals surface area contributed by atoms with Crippen molar-refractivity contribution in [2.24, 2.45) is 5.92 Å². The van der Waals surface area contributed by atoms with Crippen molar-refractivity contribution in [1.82, 2.24) is 4.57 Å². The maximum atomic E-state index is 12.6. The van der Waals surface area contributed by atoms with Gasteiger partial charge in [0.25, 0.3) is 5.56 Å². The summed E-state index contributed by atoms with van der Waals surface area (Å²) in [6, 6.07) is 9.12. The van der Waals surface area contributed by atoms with Crippen molar-refractivity contribution in [3.8, 4) is 0 Å². The Labute approximate surface area is 123 Å². The highest BCUT2D eigenvalue weighted by Crippen LogP contribution is 2.32. The molecule has 1 heterocycles. The lowest BCUT2D eigenvalue weighted by atomic mass is 9.87. The lowest BCUT2D eigenvalue weighted by Crippen LogP contribution is -2.31. The van der Waals surface area contributed by atoms with Crippen LogP contribution in [-0.4, -0.2) is 15.6 Å². The van der Waals surface area contributed by atoms with Gasteiger partial charge in [-0.05, 0) is 49.1 Å². The van der Waals surface area contributed by atoms with Gasteiger partial charge in [-0.25, -0.2) is 4.79 Å². The molecule has 0 spiro atoms. The summed E-state index contributed by atoms with van der Waals surface area (Å²) in [4.78, 5) is 23.9. The summed E-state index contributed by atoms with van der Waals surface area (Å²) in [5, 5.41) is 10.1. The predicted molar refractivity (Wildman–Crippen MR) is 81.8 cm³/mol. The van der Waals surface area contributed by atoms with Gasteiger partial charge in [-0.1, -0.05) is 25.1 Å². The summed E-state index contributed by atoms with van der Waals surface area (Å²) < 4.78 is 1.71. The van der Waals surface area contributed by atoms with Crippen molar-refractivity contribution in [2.75, 3.05) is 0 Å². The van der Waals surface area contributed by atoms with E-state index in [4.69, 9.17) is 0 Å². The molecule has 4 nitrogen and oxygen atoms in total. The molecule has 0 unspecified atom stereocenters. The smallest absolute Gasteiger partial charge is 0.341 e. The molecule has 1 aromatic carbocycles. The highest BCUT2D eigenvalue weighted by molar-refractivity contribution is 5.92. The molecule has 1 fully saturated rings. The van der Waals surface area contributed by atoms with E-state index in [1.807, 2.05) is 24.3 Å². The molecule has 1 aliphatic rings. The van der Waals surface area contributed by atoms with Gasteiger partial charge in [0.2, 0.25) is 0 Å². The van der Waals surface area contributed by atoms with Gasteiger partial charge in [-0.3, -0.25) is 4.79 Å². The monoisotopic (exact) mass is 285 g/mol. The van der Waals surface area contributed by atoms with Crippen molar-refractivity contribution in [3.05, 3.63) is 46.2 Å². The lowest BCUT2D eigenvalue weighted by Gasteiger charge is -2.29. The Hall–Kier alpha value is -2.10. The molecule has 4 heteroatoms. The Balaban J connectivity index is 2.21. The zero-order valence-corrected chi connectivity index (χ0v) is 12.1. The maximum absolute atomic E-state index is 12.6. The summed E-state index contributed by atoms with van der Waals surface area (Å²) in [6.07, 6.45) is 4.05. The average Bonchev–Trinajstić information content (AvgIpc) is 2.48. The number of rotatable bonds is 2. The average molecular weight is 285 g/mol. The first kappa shape index (κ1) is 13.9. The topological polar surface area (TPSA) is 59.3 Å². The van der Waals surface area contributed by atoms with E-state index in [-0.39, 0.29) is 17.2 Å². The third-order valence-electron chi connectivity index (χ3n) is 4.53. The van der Waals surface area contributed by atoms with Crippen LogP contribution in [0.4, 0.5) is 0 Å². The van der Waals surface area contributed by atoms with Crippen LogP contribution in [0.15, 0.2) is 35.1 Å². The zero-order valence-electron chi connectivity index (χ0n) is 12.1. The fraction of sp³-hybridized carbons (Fsp3) is 0.412. The van der Waals surface area contributed by atoms with Crippen LogP contribution in [0.2, 0.25) is 0 Å². The van der Waals surface area contributed by atoms with E-state index in [9.17, 15) is 14.7 Å². The number of nitrogens with zero attached hydrogens (tertiary/aromatic N) is 1. The van der Waals surface area contributed by atoms with Crippen LogP contribution in [0.25, 0.3) is 10.9 Å². The molecule has 1 aliphatic carbocycles. The van der Waals surface area contributed by atoms with Gasteiger partial charge in [0.1, 0.15) is 5.56 Å². The molecular weight excluding hydrogens is 266 g/mol. The van der Waals surface area contributed by atoms with E-state index in [0.29, 0.717) is 5.92 Å². The van der Waals surface area contributed by atoms with Crippen LogP contribution in [0.5, 0.6) is 0 Å². The van der Waals surface area contributed by atoms with Gasteiger partial charge in [0.05, 0.1) is 5.52 Å². The summed E-state index contributed by atoms with van der Waals surface area (Å²) in [5.41, 5.74) is 0.333. The SMILES string of the molecule is CC1CCC(n2c(=O)c(C(=O)O)cc3ccccc32)CC1. The molecule has 0 saturated heterocycles. The quantitative estimate of drug-likeness (QED) is 0.919. The molecule has 0 amide bonds. The van der Waals surface area contributed by atoms with Crippen LogP contribution >= 0.6 is 0 Å². The van der Waals surface area contributed by atoms with Gasteiger partial charge in [-0.15, -0.1) is 0 Å². The fourth-order valence-corrected chi connectivity index (χ4v) is 3.30. The van der Waals surface area contributed by atoms with Crippen molar-refractivity contribution >= 4 is 16.9 Å². The number of pyridine rings is 1. The maximum Gasteiger partial charge on any atom is 0.341 e. The van der Waals surface area contributed by atoms with E-state index < -0.39 is 5.97 Å². The van der Waals surface area contributed by atoms with Gasteiger partial charge >= 0.3 is 5.97 Å². The van der Waals surface area contributed by atoms with Crippen LogP contribution in [0.3, 0.4) is 0 Å². The molecule has 0 bridgehead atoms. The number of carbonyl (C=O) groups is 1. The van der Waals surface area contributed by atoms with E-state index in [1.54, 1.807) is 4.57 Å². The number of aromatic carboxylic acids is 1. The predicted octanol–water partition coefficient (Wildman–Crippen LogP) is 3.45. The first-order valence-corrected chi connectivity index (χ1v) is 7.45. The summed E-state index contributed by atoms with van der Waals surface area (Å²) in [7, 11) is 0. The number of carboxylic acid groups (broad SMARTS) is 1. The molecule has 0 aliphatic heterocycles. The zero-order chi connectivity index (χ0) is 15.0. The van der Waals surface area contributed by atoms with E-state index >= 15 is 0 Å². The van der Waals surface area contributed by atoms with Crippen molar-refractivity contribution < 1.29 is 9.90 Å². The number of fused-ring (bicyclic) bond motifs is 1. The van der Waals surface area contributed by atoms with Crippen molar-refractivity contribution in [3.63, 3.8) is 0 Å². The molecule has 0 atom stereocenters. The van der Waals surface area contributed by atoms with Crippen LogP contribution in [0.1, 0.15) is 49.0 Å². The van der Waals surface area contributed by atoms with Gasteiger partial charge < -0.3 is 9.67 Å². The molecule has 21 heavy (non-hydrogen) atoms. The van der Waals surface area contributed by atoms with Crippen LogP contribution < -0.4 is 5.56 Å². The minimum Gasteiger partial charge on any atom is -0.477 e. The Morgan fingerprint density at radius 1 is 1.19 bits per heavy atom. The fourth-order valence-electron chi connectivity index (χ4n) is 3.30. The third-order valence-corrected chi connectivity index (χ3v) is 4.53. The number of hydrogen-bond donors (Lipinski definition) is 1. The number of hydrogen-bond acceptors (Lipinski definition) is 2. The van der Waals surface area contributed by atoms with Gasteiger partial charge in [-0.2, -0.15) is 0 Å². The second-order valence-electron chi connectivity index (χ2n) is 6.01. The standard InChI is InChI=1S/C17H19NO3/c1-11-6-8-13(9-7-11)18-15-5-3-2-4-12(15)10-14(16(18)19)17(20)21/h2-5,10-11,13H,6-9H2,1H3,(H,20,21). The Bertz CT molecular complexity index is 739. The molecule has 3 rings (SSSR count). The number of para-hydroxylation sites is 1. The summed E-state index contributed by atoms with van der Waals surface area (Å²) in [6.45, 7) is 2.23. The lowest BCUT2D eigenvalue weighted by molar-refractivity contribution is 0.0694. The Kier molecular flexibility index (Phi) is 3.53. The van der Waals surface area contributed by atoms with Crippen molar-refractivity contribution in [2.45, 2.75) is 38.6 Å². The van der Waals surface area contributed by atoms with Crippen LogP contribution in [0, 0.1) is 5.92 Å².